The van der Waals surface area contributed by atoms with Crippen LogP contribution in [0.5, 0.6) is 0 Å². The summed E-state index contributed by atoms with van der Waals surface area (Å²) in [6.45, 7) is 3.84. The van der Waals surface area contributed by atoms with Crippen molar-refractivity contribution in [1.29, 1.82) is 0 Å². The van der Waals surface area contributed by atoms with Crippen molar-refractivity contribution in [3.63, 3.8) is 0 Å². The van der Waals surface area contributed by atoms with Crippen LogP contribution in [-0.2, 0) is 0 Å². The molecule has 0 aliphatic carbocycles. The van der Waals surface area contributed by atoms with Gasteiger partial charge in [0, 0.05) is 37.4 Å². The van der Waals surface area contributed by atoms with Crippen LogP contribution in [-0.4, -0.2) is 50.8 Å². The van der Waals surface area contributed by atoms with E-state index in [4.69, 9.17) is 22.3 Å². The van der Waals surface area contributed by atoms with E-state index in [0.717, 1.165) is 37.3 Å². The number of aromatic amines is 1. The van der Waals surface area contributed by atoms with Crippen LogP contribution < -0.4 is 16.0 Å². The Labute approximate surface area is 156 Å². The Morgan fingerprint density at radius 1 is 1.31 bits per heavy atom. The number of aromatic nitrogens is 5. The summed E-state index contributed by atoms with van der Waals surface area (Å²) in [6.07, 6.45) is 5.34. The van der Waals surface area contributed by atoms with Gasteiger partial charge in [0.25, 0.3) is 0 Å². The molecule has 0 unspecified atom stereocenters. The summed E-state index contributed by atoms with van der Waals surface area (Å²) in [7, 11) is 1.78. The van der Waals surface area contributed by atoms with Gasteiger partial charge in [-0.3, -0.25) is 5.10 Å². The lowest BCUT2D eigenvalue weighted by molar-refractivity contribution is 0.363. The Balaban J connectivity index is 1.69. The van der Waals surface area contributed by atoms with Gasteiger partial charge < -0.3 is 16.0 Å². The van der Waals surface area contributed by atoms with Crippen molar-refractivity contribution in [2.45, 2.75) is 25.3 Å². The lowest BCUT2D eigenvalue weighted by Crippen LogP contribution is -2.48. The van der Waals surface area contributed by atoms with Gasteiger partial charge in [-0.1, -0.05) is 11.6 Å². The Morgan fingerprint density at radius 3 is 2.81 bits per heavy atom. The zero-order chi connectivity index (χ0) is 18.3. The first kappa shape index (κ1) is 17.0. The SMILES string of the molecule is CNc1nccc(-c2n[nH]c3nc(N4CCC(C)(N)CC4)cnc23)c1Cl. The molecule has 4 rings (SSSR count). The molecule has 1 fully saturated rings. The fourth-order valence-corrected chi connectivity index (χ4v) is 3.48. The maximum Gasteiger partial charge on any atom is 0.177 e. The Morgan fingerprint density at radius 2 is 2.08 bits per heavy atom. The van der Waals surface area contributed by atoms with Gasteiger partial charge in [-0.2, -0.15) is 5.10 Å². The van der Waals surface area contributed by atoms with Crippen LogP contribution in [0.25, 0.3) is 22.4 Å². The molecular formula is C17H21ClN8. The molecule has 0 saturated carbocycles. The number of halogens is 1. The van der Waals surface area contributed by atoms with Gasteiger partial charge in [0.05, 0.1) is 11.2 Å². The fraction of sp³-hybridized carbons (Fsp3) is 0.412. The smallest absolute Gasteiger partial charge is 0.177 e. The van der Waals surface area contributed by atoms with Crippen LogP contribution in [0.2, 0.25) is 5.02 Å². The number of nitrogens with one attached hydrogen (secondary N) is 2. The summed E-state index contributed by atoms with van der Waals surface area (Å²) in [6, 6.07) is 1.82. The number of hydrogen-bond donors (Lipinski definition) is 3. The average Bonchev–Trinajstić information content (AvgIpc) is 3.05. The van der Waals surface area contributed by atoms with Gasteiger partial charge in [-0.25, -0.2) is 15.0 Å². The summed E-state index contributed by atoms with van der Waals surface area (Å²) in [5, 5.41) is 10.8. The van der Waals surface area contributed by atoms with Crippen LogP contribution in [0.3, 0.4) is 0 Å². The summed E-state index contributed by atoms with van der Waals surface area (Å²) in [5.41, 5.74) is 8.86. The number of rotatable bonds is 3. The molecule has 0 amide bonds. The second-order valence-corrected chi connectivity index (χ2v) is 7.29. The van der Waals surface area contributed by atoms with Crippen molar-refractivity contribution in [3.05, 3.63) is 23.5 Å². The molecule has 3 aromatic rings. The van der Waals surface area contributed by atoms with E-state index in [2.05, 4.69) is 37.3 Å². The van der Waals surface area contributed by atoms with Gasteiger partial charge in [0.2, 0.25) is 0 Å². The molecule has 136 valence electrons. The predicted molar refractivity (Wildman–Crippen MR) is 104 cm³/mol. The summed E-state index contributed by atoms with van der Waals surface area (Å²) < 4.78 is 0. The molecule has 1 saturated heterocycles. The van der Waals surface area contributed by atoms with Crippen molar-refractivity contribution in [1.82, 2.24) is 25.1 Å². The van der Waals surface area contributed by atoms with Gasteiger partial charge in [-0.05, 0) is 25.8 Å². The first-order valence-corrected chi connectivity index (χ1v) is 8.94. The second kappa shape index (κ2) is 6.37. The van der Waals surface area contributed by atoms with E-state index in [-0.39, 0.29) is 5.54 Å². The van der Waals surface area contributed by atoms with Gasteiger partial charge in [0.15, 0.2) is 5.65 Å². The lowest BCUT2D eigenvalue weighted by atomic mass is 9.91. The van der Waals surface area contributed by atoms with Gasteiger partial charge in [-0.15, -0.1) is 0 Å². The molecule has 0 atom stereocenters. The number of hydrogen-bond acceptors (Lipinski definition) is 7. The molecule has 0 spiro atoms. The monoisotopic (exact) mass is 372 g/mol. The highest BCUT2D eigenvalue weighted by molar-refractivity contribution is 6.35. The van der Waals surface area contributed by atoms with E-state index in [1.807, 2.05) is 6.07 Å². The number of fused-ring (bicyclic) bond motifs is 1. The van der Waals surface area contributed by atoms with E-state index in [9.17, 15) is 0 Å². The molecule has 26 heavy (non-hydrogen) atoms. The van der Waals surface area contributed by atoms with E-state index in [1.54, 1.807) is 19.4 Å². The van der Waals surface area contributed by atoms with Gasteiger partial charge >= 0.3 is 0 Å². The molecule has 4 N–H and O–H groups in total. The van der Waals surface area contributed by atoms with E-state index in [0.29, 0.717) is 27.7 Å². The van der Waals surface area contributed by atoms with Crippen LogP contribution in [0.1, 0.15) is 19.8 Å². The third kappa shape index (κ3) is 2.95. The molecule has 0 aromatic carbocycles. The molecule has 0 bridgehead atoms. The minimum absolute atomic E-state index is 0.0989. The molecule has 8 nitrogen and oxygen atoms in total. The molecule has 0 radical (unpaired) electrons. The third-order valence-electron chi connectivity index (χ3n) is 4.87. The van der Waals surface area contributed by atoms with Crippen LogP contribution in [0.15, 0.2) is 18.5 Å². The number of nitrogens with zero attached hydrogens (tertiary/aromatic N) is 5. The van der Waals surface area contributed by atoms with Crippen LogP contribution in [0.4, 0.5) is 11.6 Å². The lowest BCUT2D eigenvalue weighted by Gasteiger charge is -2.37. The van der Waals surface area contributed by atoms with Crippen molar-refractivity contribution < 1.29 is 0 Å². The number of H-pyrrole nitrogens is 1. The molecule has 4 heterocycles. The second-order valence-electron chi connectivity index (χ2n) is 6.91. The largest absolute Gasteiger partial charge is 0.372 e. The topological polar surface area (TPSA) is 109 Å². The Hall–Kier alpha value is -2.45. The highest BCUT2D eigenvalue weighted by Gasteiger charge is 2.27. The van der Waals surface area contributed by atoms with Crippen LogP contribution in [0, 0.1) is 0 Å². The highest BCUT2D eigenvalue weighted by atomic mass is 35.5. The maximum absolute atomic E-state index is 6.43. The number of nitrogens with two attached hydrogens (primary N) is 1. The van der Waals surface area contributed by atoms with Crippen molar-refractivity contribution in [2.75, 3.05) is 30.4 Å². The first-order chi connectivity index (χ1) is 12.5. The summed E-state index contributed by atoms with van der Waals surface area (Å²) in [4.78, 5) is 15.7. The summed E-state index contributed by atoms with van der Waals surface area (Å²) in [5.74, 6) is 1.43. The Kier molecular flexibility index (Phi) is 4.16. The molecule has 9 heteroatoms. The summed E-state index contributed by atoms with van der Waals surface area (Å²) >= 11 is 6.43. The quantitative estimate of drug-likeness (QED) is 0.647. The molecule has 3 aromatic heterocycles. The Bertz CT molecular complexity index is 941. The highest BCUT2D eigenvalue weighted by Crippen LogP contribution is 2.34. The molecule has 1 aliphatic rings. The van der Waals surface area contributed by atoms with Crippen molar-refractivity contribution in [2.24, 2.45) is 5.73 Å². The first-order valence-electron chi connectivity index (χ1n) is 8.56. The third-order valence-corrected chi connectivity index (χ3v) is 5.25. The number of pyridine rings is 1. The zero-order valence-electron chi connectivity index (χ0n) is 14.8. The van der Waals surface area contributed by atoms with E-state index < -0.39 is 0 Å². The number of piperidine rings is 1. The predicted octanol–water partition coefficient (Wildman–Crippen LogP) is 2.43. The minimum atomic E-state index is -0.0989. The zero-order valence-corrected chi connectivity index (χ0v) is 15.5. The van der Waals surface area contributed by atoms with Gasteiger partial charge in [0.1, 0.15) is 22.8 Å². The average molecular weight is 373 g/mol. The standard InChI is InChI=1S/C17H21ClN8/c1-17(19)4-7-26(8-5-17)11-9-22-14-13(24-25-16(14)23-11)10-3-6-21-15(20-2)12(10)18/h3,6,9H,4-5,7-8,19H2,1-2H3,(H,20,21)(H,23,24,25). The normalized spacial score (nSPS) is 16.8. The van der Waals surface area contributed by atoms with Crippen molar-refractivity contribution >= 4 is 34.4 Å². The molecular weight excluding hydrogens is 352 g/mol. The van der Waals surface area contributed by atoms with Crippen LogP contribution >= 0.6 is 11.6 Å². The van der Waals surface area contributed by atoms with E-state index in [1.165, 1.54) is 0 Å². The molecule has 1 aliphatic heterocycles. The fourth-order valence-electron chi connectivity index (χ4n) is 3.18. The minimum Gasteiger partial charge on any atom is -0.372 e. The van der Waals surface area contributed by atoms with E-state index >= 15 is 0 Å². The number of anilines is 2. The maximum atomic E-state index is 6.43. The van der Waals surface area contributed by atoms with Crippen molar-refractivity contribution in [3.8, 4) is 11.3 Å².